The monoisotopic (exact) mass is 519 g/mol. The second-order valence-corrected chi connectivity index (χ2v) is 11.8. The van der Waals surface area contributed by atoms with Crippen LogP contribution < -0.4 is 16.0 Å². The summed E-state index contributed by atoms with van der Waals surface area (Å²) in [5, 5.41) is 15.9. The van der Waals surface area contributed by atoms with E-state index in [0.717, 1.165) is 47.6 Å². The Labute approximate surface area is 220 Å². The van der Waals surface area contributed by atoms with Crippen LogP contribution in [0.4, 0.5) is 5.82 Å². The molecule has 10 heteroatoms. The largest absolute Gasteiger partial charge is 0.367 e. The van der Waals surface area contributed by atoms with Crippen molar-refractivity contribution in [3.63, 3.8) is 0 Å². The number of fused-ring (bicyclic) bond motifs is 1. The number of hydrogen-bond donors (Lipinski definition) is 3. The lowest BCUT2D eigenvalue weighted by Crippen LogP contribution is -2.39. The molecule has 3 N–H and O–H groups in total. The highest BCUT2D eigenvalue weighted by Gasteiger charge is 2.25. The van der Waals surface area contributed by atoms with Crippen molar-refractivity contribution in [1.82, 2.24) is 30.1 Å². The van der Waals surface area contributed by atoms with E-state index in [9.17, 15) is 9.59 Å². The summed E-state index contributed by atoms with van der Waals surface area (Å²) in [7, 11) is 4.07. The highest BCUT2D eigenvalue weighted by molar-refractivity contribution is 7.12. The van der Waals surface area contributed by atoms with Gasteiger partial charge in [0.2, 0.25) is 5.91 Å². The van der Waals surface area contributed by atoms with E-state index in [4.69, 9.17) is 4.98 Å². The third-order valence-electron chi connectivity index (χ3n) is 6.38. The highest BCUT2D eigenvalue weighted by Crippen LogP contribution is 2.32. The van der Waals surface area contributed by atoms with Crippen LogP contribution in [-0.2, 0) is 4.79 Å². The predicted molar refractivity (Wildman–Crippen MR) is 147 cm³/mol. The standard InChI is InChI=1S/C27H33N7O2S/c1-16-17(10-24(35)30-16)8-18-12-29-34-23(31-20-6-7-20)11-21(32-25(18)34)19-9-22(37-13-19)26(36)28-14-27(2,3)15-33(4)5/h8-9,11-13,20,31H,1,6-7,10,14-15H2,2-5H3,(H,28,36)(H,30,35)/b17-8+. The molecule has 3 aromatic rings. The van der Waals surface area contributed by atoms with Gasteiger partial charge in [-0.1, -0.05) is 20.4 Å². The molecule has 1 aliphatic heterocycles. The average Bonchev–Trinajstić information content (AvgIpc) is 3.20. The lowest BCUT2D eigenvalue weighted by molar-refractivity contribution is -0.118. The third kappa shape index (κ3) is 5.75. The molecule has 194 valence electrons. The minimum atomic E-state index is -0.0767. The van der Waals surface area contributed by atoms with Gasteiger partial charge in [-0.25, -0.2) is 4.98 Å². The first-order valence-corrected chi connectivity index (χ1v) is 13.3. The van der Waals surface area contributed by atoms with Gasteiger partial charge in [-0.05, 0) is 50.1 Å². The molecule has 2 fully saturated rings. The molecule has 0 aromatic carbocycles. The molecule has 9 nitrogen and oxygen atoms in total. The van der Waals surface area contributed by atoms with Gasteiger partial charge < -0.3 is 20.9 Å². The van der Waals surface area contributed by atoms with Gasteiger partial charge in [0.05, 0.1) is 23.2 Å². The molecule has 0 unspecified atom stereocenters. The molecule has 2 amide bonds. The fourth-order valence-electron chi connectivity index (χ4n) is 4.58. The van der Waals surface area contributed by atoms with Gasteiger partial charge in [0, 0.05) is 47.4 Å². The van der Waals surface area contributed by atoms with Crippen LogP contribution in [0.25, 0.3) is 23.0 Å². The maximum Gasteiger partial charge on any atom is 0.261 e. The van der Waals surface area contributed by atoms with Crippen LogP contribution >= 0.6 is 11.3 Å². The summed E-state index contributed by atoms with van der Waals surface area (Å²) in [5.41, 5.74) is 4.54. The summed E-state index contributed by atoms with van der Waals surface area (Å²) in [6, 6.07) is 4.31. The minimum absolute atomic E-state index is 0.0348. The Kier molecular flexibility index (Phi) is 6.63. The van der Waals surface area contributed by atoms with Crippen molar-refractivity contribution in [3.8, 4) is 11.3 Å². The SMILES string of the molecule is C=C1NC(=O)C/C1=C\c1cnn2c(NC3CC3)cc(-c3csc(C(=O)NCC(C)(C)CN(C)C)c3)nc12. The summed E-state index contributed by atoms with van der Waals surface area (Å²) < 4.78 is 1.80. The molecule has 0 bridgehead atoms. The molecule has 1 saturated carbocycles. The Bertz CT molecular complexity index is 1410. The Balaban J connectivity index is 1.44. The number of carbonyl (C=O) groups excluding carboxylic acids is 2. The van der Waals surface area contributed by atoms with E-state index in [0.29, 0.717) is 28.8 Å². The van der Waals surface area contributed by atoms with E-state index in [-0.39, 0.29) is 23.7 Å². The van der Waals surface area contributed by atoms with Crippen molar-refractivity contribution in [2.75, 3.05) is 32.5 Å². The number of allylic oxidation sites excluding steroid dienone is 1. The average molecular weight is 520 g/mol. The van der Waals surface area contributed by atoms with Crippen LogP contribution in [0.1, 0.15) is 48.3 Å². The third-order valence-corrected chi connectivity index (χ3v) is 7.31. The van der Waals surface area contributed by atoms with E-state index < -0.39 is 0 Å². The number of rotatable bonds is 9. The zero-order valence-electron chi connectivity index (χ0n) is 21.7. The number of carbonyl (C=O) groups is 2. The van der Waals surface area contributed by atoms with Crippen molar-refractivity contribution in [2.45, 2.75) is 39.2 Å². The van der Waals surface area contributed by atoms with Crippen molar-refractivity contribution in [1.29, 1.82) is 0 Å². The summed E-state index contributed by atoms with van der Waals surface area (Å²) >= 11 is 1.41. The highest BCUT2D eigenvalue weighted by atomic mass is 32.1. The summed E-state index contributed by atoms with van der Waals surface area (Å²) in [6.07, 6.45) is 6.21. The van der Waals surface area contributed by atoms with Crippen LogP contribution in [0.15, 0.2) is 41.6 Å². The minimum Gasteiger partial charge on any atom is -0.367 e. The van der Waals surface area contributed by atoms with Gasteiger partial charge in [0.25, 0.3) is 5.91 Å². The van der Waals surface area contributed by atoms with Crippen LogP contribution in [0.2, 0.25) is 0 Å². The van der Waals surface area contributed by atoms with E-state index in [1.165, 1.54) is 11.3 Å². The normalized spacial score (nSPS) is 17.2. The first kappa shape index (κ1) is 25.2. The Hall–Kier alpha value is -3.50. The fourth-order valence-corrected chi connectivity index (χ4v) is 5.39. The first-order chi connectivity index (χ1) is 17.6. The molecule has 2 aliphatic rings. The number of amides is 2. The van der Waals surface area contributed by atoms with Crippen LogP contribution in [0.3, 0.4) is 0 Å². The molecule has 0 radical (unpaired) electrons. The molecule has 3 aromatic heterocycles. The maximum absolute atomic E-state index is 12.9. The van der Waals surface area contributed by atoms with E-state index >= 15 is 0 Å². The quantitative estimate of drug-likeness (QED) is 0.398. The van der Waals surface area contributed by atoms with Gasteiger partial charge in [-0.2, -0.15) is 9.61 Å². The molecular formula is C27H33N7O2S. The molecule has 0 atom stereocenters. The Morgan fingerprint density at radius 3 is 2.81 bits per heavy atom. The number of hydrogen-bond acceptors (Lipinski definition) is 7. The van der Waals surface area contributed by atoms with Crippen molar-refractivity contribution in [2.24, 2.45) is 5.41 Å². The van der Waals surface area contributed by atoms with Crippen LogP contribution in [0, 0.1) is 5.41 Å². The molecule has 37 heavy (non-hydrogen) atoms. The number of aromatic nitrogens is 3. The number of nitrogens with zero attached hydrogens (tertiary/aromatic N) is 4. The second-order valence-electron chi connectivity index (χ2n) is 10.9. The zero-order chi connectivity index (χ0) is 26.3. The Morgan fingerprint density at radius 2 is 2.14 bits per heavy atom. The number of nitrogens with one attached hydrogen (secondary N) is 3. The van der Waals surface area contributed by atoms with Gasteiger partial charge >= 0.3 is 0 Å². The smallest absolute Gasteiger partial charge is 0.261 e. The van der Waals surface area contributed by atoms with Gasteiger partial charge in [-0.15, -0.1) is 11.3 Å². The van der Waals surface area contributed by atoms with E-state index in [1.807, 2.05) is 37.7 Å². The second kappa shape index (κ2) is 9.75. The summed E-state index contributed by atoms with van der Waals surface area (Å²) in [6.45, 7) is 9.70. The lowest BCUT2D eigenvalue weighted by Gasteiger charge is -2.28. The van der Waals surface area contributed by atoms with E-state index in [1.54, 1.807) is 10.7 Å². The summed E-state index contributed by atoms with van der Waals surface area (Å²) in [5.74, 6) is 0.716. The Morgan fingerprint density at radius 1 is 1.35 bits per heavy atom. The molecular weight excluding hydrogens is 486 g/mol. The predicted octanol–water partition coefficient (Wildman–Crippen LogP) is 3.77. The lowest BCUT2D eigenvalue weighted by atomic mass is 9.93. The van der Waals surface area contributed by atoms with Crippen molar-refractivity contribution < 1.29 is 9.59 Å². The van der Waals surface area contributed by atoms with Gasteiger partial charge in [-0.3, -0.25) is 9.59 Å². The number of thiophene rings is 1. The molecule has 0 spiro atoms. The van der Waals surface area contributed by atoms with Crippen molar-refractivity contribution >= 4 is 40.7 Å². The molecule has 1 saturated heterocycles. The van der Waals surface area contributed by atoms with Crippen LogP contribution in [-0.4, -0.2) is 64.5 Å². The fraction of sp³-hybridized carbons (Fsp3) is 0.407. The first-order valence-electron chi connectivity index (χ1n) is 12.4. The van der Waals surface area contributed by atoms with Crippen LogP contribution in [0.5, 0.6) is 0 Å². The van der Waals surface area contributed by atoms with E-state index in [2.05, 4.69) is 46.4 Å². The molecule has 1 aliphatic carbocycles. The molecule has 5 rings (SSSR count). The van der Waals surface area contributed by atoms with Gasteiger partial charge in [0.1, 0.15) is 5.82 Å². The number of anilines is 1. The zero-order valence-corrected chi connectivity index (χ0v) is 22.5. The molecule has 4 heterocycles. The topological polar surface area (TPSA) is 104 Å². The maximum atomic E-state index is 12.9. The van der Waals surface area contributed by atoms with Crippen molar-refractivity contribution in [3.05, 3.63) is 52.0 Å². The van der Waals surface area contributed by atoms with Gasteiger partial charge in [0.15, 0.2) is 5.65 Å². The summed E-state index contributed by atoms with van der Waals surface area (Å²) in [4.78, 5) is 32.4.